The molecule has 1 aromatic carbocycles. The number of anilines is 1. The first-order chi connectivity index (χ1) is 9.72. The molecule has 1 aliphatic rings. The van der Waals surface area contributed by atoms with E-state index in [0.717, 1.165) is 25.7 Å². The van der Waals surface area contributed by atoms with E-state index < -0.39 is 9.05 Å². The van der Waals surface area contributed by atoms with E-state index >= 15 is 0 Å². The van der Waals surface area contributed by atoms with Crippen molar-refractivity contribution in [1.29, 1.82) is 0 Å². The first kappa shape index (κ1) is 16.8. The number of amides is 1. The van der Waals surface area contributed by atoms with Gasteiger partial charge in [-0.3, -0.25) is 4.79 Å². The molecule has 0 aromatic heterocycles. The van der Waals surface area contributed by atoms with Gasteiger partial charge >= 0.3 is 0 Å². The number of carbonyl (C=O) groups is 1. The highest BCUT2D eigenvalue weighted by atomic mass is 79.9. The van der Waals surface area contributed by atoms with Gasteiger partial charge in [0.05, 0.1) is 10.6 Å². The van der Waals surface area contributed by atoms with Crippen LogP contribution >= 0.6 is 26.6 Å². The average molecular weight is 395 g/mol. The monoisotopic (exact) mass is 393 g/mol. The van der Waals surface area contributed by atoms with Crippen molar-refractivity contribution in [2.45, 2.75) is 43.9 Å². The molecule has 1 aliphatic carbocycles. The zero-order valence-electron chi connectivity index (χ0n) is 11.7. The minimum atomic E-state index is -3.77. The Hall–Kier alpha value is -0.590. The van der Waals surface area contributed by atoms with Gasteiger partial charge in [0.2, 0.25) is 5.91 Å². The van der Waals surface area contributed by atoms with E-state index in [9.17, 15) is 13.2 Å². The second-order valence-corrected chi connectivity index (χ2v) is 9.08. The second kappa shape index (κ2) is 6.26. The number of hydrogen-bond acceptors (Lipinski definition) is 3. The minimum Gasteiger partial charge on any atom is -0.325 e. The van der Waals surface area contributed by atoms with Gasteiger partial charge in [-0.05, 0) is 47.0 Å². The lowest BCUT2D eigenvalue weighted by atomic mass is 9.75. The van der Waals surface area contributed by atoms with Gasteiger partial charge in [0.1, 0.15) is 0 Å². The maximum Gasteiger partial charge on any atom is 0.261 e. The van der Waals surface area contributed by atoms with Gasteiger partial charge in [0, 0.05) is 20.6 Å². The fraction of sp³-hybridized carbons (Fsp3) is 0.500. The molecule has 0 saturated heterocycles. The number of benzene rings is 1. The van der Waals surface area contributed by atoms with Crippen molar-refractivity contribution in [3.05, 3.63) is 22.7 Å². The quantitative estimate of drug-likeness (QED) is 0.778. The molecule has 1 fully saturated rings. The lowest BCUT2D eigenvalue weighted by Crippen LogP contribution is -2.35. The summed E-state index contributed by atoms with van der Waals surface area (Å²) in [7, 11) is 1.52. The van der Waals surface area contributed by atoms with Crippen molar-refractivity contribution in [2.75, 3.05) is 5.32 Å². The molecule has 7 heteroatoms. The number of carbonyl (C=O) groups excluding carboxylic acids is 1. The lowest BCUT2D eigenvalue weighted by Gasteiger charge is -2.32. The maximum absolute atomic E-state index is 12.4. The summed E-state index contributed by atoms with van der Waals surface area (Å²) in [6.07, 6.45) is 5.06. The Morgan fingerprint density at radius 3 is 2.43 bits per heavy atom. The molecule has 0 bridgehead atoms. The number of hydrogen-bond donors (Lipinski definition) is 1. The maximum atomic E-state index is 12.4. The van der Waals surface area contributed by atoms with Gasteiger partial charge in [-0.15, -0.1) is 0 Å². The van der Waals surface area contributed by atoms with Crippen molar-refractivity contribution >= 4 is 47.3 Å². The van der Waals surface area contributed by atoms with E-state index in [4.69, 9.17) is 10.7 Å². The van der Waals surface area contributed by atoms with E-state index in [1.54, 1.807) is 6.07 Å². The molecule has 1 amide bonds. The molecular weight excluding hydrogens is 378 g/mol. The first-order valence-corrected chi connectivity index (χ1v) is 9.88. The highest BCUT2D eigenvalue weighted by Gasteiger charge is 2.34. The van der Waals surface area contributed by atoms with Crippen LogP contribution in [0.2, 0.25) is 0 Å². The van der Waals surface area contributed by atoms with Gasteiger partial charge in [-0.1, -0.05) is 26.2 Å². The van der Waals surface area contributed by atoms with Crippen LogP contribution in [0.15, 0.2) is 27.6 Å². The van der Waals surface area contributed by atoms with Crippen molar-refractivity contribution in [2.24, 2.45) is 5.41 Å². The summed E-state index contributed by atoms with van der Waals surface area (Å²) in [5.74, 6) is -0.0237. The molecule has 0 atom stereocenters. The molecular formula is C14H17BrClNO3S. The number of halogens is 2. The van der Waals surface area contributed by atoms with E-state index in [1.165, 1.54) is 18.6 Å². The zero-order valence-corrected chi connectivity index (χ0v) is 14.8. The van der Waals surface area contributed by atoms with Crippen LogP contribution in [0.4, 0.5) is 5.69 Å². The zero-order chi connectivity index (χ0) is 15.7. The molecule has 0 heterocycles. The molecule has 4 nitrogen and oxygen atoms in total. The third-order valence-electron chi connectivity index (χ3n) is 3.98. The largest absolute Gasteiger partial charge is 0.325 e. The molecule has 1 N–H and O–H groups in total. The van der Waals surface area contributed by atoms with Crippen LogP contribution in [-0.2, 0) is 13.8 Å². The van der Waals surface area contributed by atoms with Gasteiger partial charge in [-0.25, -0.2) is 8.42 Å². The Morgan fingerprint density at radius 2 is 1.90 bits per heavy atom. The second-order valence-electron chi connectivity index (χ2n) is 5.65. The van der Waals surface area contributed by atoms with Crippen LogP contribution in [0, 0.1) is 5.41 Å². The van der Waals surface area contributed by atoms with Crippen LogP contribution < -0.4 is 5.32 Å². The molecule has 1 aromatic rings. The summed E-state index contributed by atoms with van der Waals surface area (Å²) in [4.78, 5) is 12.4. The summed E-state index contributed by atoms with van der Waals surface area (Å²) >= 11 is 3.27. The summed E-state index contributed by atoms with van der Waals surface area (Å²) in [5.41, 5.74) is 0.199. The summed E-state index contributed by atoms with van der Waals surface area (Å²) < 4.78 is 23.0. The van der Waals surface area contributed by atoms with Gasteiger partial charge < -0.3 is 5.32 Å². The Labute approximate surface area is 137 Å². The Morgan fingerprint density at radius 1 is 1.29 bits per heavy atom. The van der Waals surface area contributed by atoms with Crippen molar-refractivity contribution in [3.63, 3.8) is 0 Å². The highest BCUT2D eigenvalue weighted by Crippen LogP contribution is 2.37. The van der Waals surface area contributed by atoms with E-state index in [2.05, 4.69) is 21.2 Å². The normalized spacial score (nSPS) is 18.2. The highest BCUT2D eigenvalue weighted by molar-refractivity contribution is 9.10. The van der Waals surface area contributed by atoms with Gasteiger partial charge in [-0.2, -0.15) is 0 Å². The summed E-state index contributed by atoms with van der Waals surface area (Å²) in [5, 5.41) is 2.88. The molecule has 0 radical (unpaired) electrons. The van der Waals surface area contributed by atoms with E-state index in [-0.39, 0.29) is 16.2 Å². The molecule has 0 spiro atoms. The topological polar surface area (TPSA) is 63.2 Å². The average Bonchev–Trinajstić information content (AvgIpc) is 2.40. The van der Waals surface area contributed by atoms with Gasteiger partial charge in [0.15, 0.2) is 0 Å². The third kappa shape index (κ3) is 3.99. The molecule has 21 heavy (non-hydrogen) atoms. The van der Waals surface area contributed by atoms with Crippen LogP contribution in [0.1, 0.15) is 39.0 Å². The summed E-state index contributed by atoms with van der Waals surface area (Å²) in [6.45, 7) is 1.98. The predicted octanol–water partition coefficient (Wildman–Crippen LogP) is 4.29. The van der Waals surface area contributed by atoms with Crippen molar-refractivity contribution in [1.82, 2.24) is 0 Å². The van der Waals surface area contributed by atoms with Gasteiger partial charge in [0.25, 0.3) is 9.05 Å². The van der Waals surface area contributed by atoms with Crippen LogP contribution in [-0.4, -0.2) is 14.3 Å². The lowest BCUT2D eigenvalue weighted by molar-refractivity contribution is -0.126. The predicted molar refractivity (Wildman–Crippen MR) is 87.0 cm³/mol. The number of rotatable bonds is 3. The fourth-order valence-electron chi connectivity index (χ4n) is 2.58. The Bertz CT molecular complexity index is 654. The molecule has 116 valence electrons. The Balaban J connectivity index is 2.18. The van der Waals surface area contributed by atoms with E-state index in [1.807, 2.05) is 6.92 Å². The Kier molecular flexibility index (Phi) is 5.00. The SMILES string of the molecule is CC1(C(=O)Nc2ccc(S(=O)(=O)Cl)cc2Br)CCCCC1. The summed E-state index contributed by atoms with van der Waals surface area (Å²) in [6, 6.07) is 4.32. The molecule has 1 saturated carbocycles. The molecule has 0 aliphatic heterocycles. The van der Waals surface area contributed by atoms with Crippen LogP contribution in [0.25, 0.3) is 0 Å². The first-order valence-electron chi connectivity index (χ1n) is 6.78. The third-order valence-corrected chi connectivity index (χ3v) is 5.98. The molecule has 0 unspecified atom stereocenters. The van der Waals surface area contributed by atoms with Crippen molar-refractivity contribution < 1.29 is 13.2 Å². The van der Waals surface area contributed by atoms with Crippen LogP contribution in [0.3, 0.4) is 0 Å². The fourth-order valence-corrected chi connectivity index (χ4v) is 3.99. The smallest absolute Gasteiger partial charge is 0.261 e. The van der Waals surface area contributed by atoms with E-state index in [0.29, 0.717) is 10.2 Å². The number of nitrogens with one attached hydrogen (secondary N) is 1. The molecule has 2 rings (SSSR count). The minimum absolute atomic E-state index is 0.00193. The standard InChI is InChI=1S/C14H17BrClNO3S/c1-14(7-3-2-4-8-14)13(18)17-12-6-5-10(9-11(12)15)21(16,19)20/h5-6,9H,2-4,7-8H2,1H3,(H,17,18). The van der Waals surface area contributed by atoms with Crippen LogP contribution in [0.5, 0.6) is 0 Å². The van der Waals surface area contributed by atoms with Crippen molar-refractivity contribution in [3.8, 4) is 0 Å².